The number of aromatic nitrogens is 5. The normalized spacial score (nSPS) is 16.4. The fraction of sp³-hybridized carbons (Fsp3) is 0.634. The number of hydrogen-bond acceptors (Lipinski definition) is 10. The highest BCUT2D eigenvalue weighted by molar-refractivity contribution is 5.87. The Morgan fingerprint density at radius 2 is 1.47 bits per heavy atom. The van der Waals surface area contributed by atoms with Crippen molar-refractivity contribution in [1.82, 2.24) is 34.7 Å². The Morgan fingerprint density at radius 1 is 0.725 bits per heavy atom. The van der Waals surface area contributed by atoms with Gasteiger partial charge < -0.3 is 25.8 Å². The minimum Gasteiger partial charge on any atom is -0.383 e. The van der Waals surface area contributed by atoms with Gasteiger partial charge in [0.2, 0.25) is 0 Å². The average Bonchev–Trinajstić information content (AvgIpc) is 3.14. The predicted octanol–water partition coefficient (Wildman–Crippen LogP) is 8.47. The summed E-state index contributed by atoms with van der Waals surface area (Å²) in [6, 6.07) is 10.8. The number of anilines is 3. The highest BCUT2D eigenvalue weighted by Crippen LogP contribution is 2.30. The molecule has 278 valence electrons. The van der Waals surface area contributed by atoms with Gasteiger partial charge in [-0.05, 0) is 134 Å². The number of aryl methyl sites for hydroxylation is 2. The van der Waals surface area contributed by atoms with E-state index < -0.39 is 0 Å². The molecule has 4 aromatic rings. The Morgan fingerprint density at radius 3 is 2.25 bits per heavy atom. The number of nitrogens with one attached hydrogen (secondary N) is 3. The van der Waals surface area contributed by atoms with Crippen LogP contribution in [0.4, 0.5) is 17.3 Å². The van der Waals surface area contributed by atoms with Crippen LogP contribution < -0.4 is 16.0 Å². The lowest BCUT2D eigenvalue weighted by Crippen LogP contribution is -2.31. The van der Waals surface area contributed by atoms with Crippen LogP contribution in [0.1, 0.15) is 103 Å². The third kappa shape index (κ3) is 12.0. The summed E-state index contributed by atoms with van der Waals surface area (Å²) in [6.07, 6.45) is 15.4. The van der Waals surface area contributed by atoms with E-state index in [2.05, 4.69) is 79.7 Å². The van der Waals surface area contributed by atoms with Crippen LogP contribution in [-0.2, 0) is 0 Å². The molecule has 1 fully saturated rings. The lowest BCUT2D eigenvalue weighted by Gasteiger charge is -2.31. The first-order chi connectivity index (χ1) is 24.9. The van der Waals surface area contributed by atoms with Crippen molar-refractivity contribution in [3.63, 3.8) is 0 Å². The summed E-state index contributed by atoms with van der Waals surface area (Å²) in [4.78, 5) is 28.8. The first-order valence-electron chi connectivity index (χ1n) is 20.0. The molecular formula is C41H64N10. The van der Waals surface area contributed by atoms with E-state index in [1.807, 2.05) is 32.2 Å². The van der Waals surface area contributed by atoms with Crippen LogP contribution in [0.15, 0.2) is 36.5 Å². The first kappa shape index (κ1) is 38.6. The lowest BCUT2D eigenvalue weighted by atomic mass is 9.83. The summed E-state index contributed by atoms with van der Waals surface area (Å²) < 4.78 is 0. The Labute approximate surface area is 307 Å². The molecule has 1 aliphatic rings. The van der Waals surface area contributed by atoms with Crippen LogP contribution in [0.2, 0.25) is 0 Å². The van der Waals surface area contributed by atoms with Gasteiger partial charge in [-0.2, -0.15) is 0 Å². The second-order valence-electron chi connectivity index (χ2n) is 14.5. The fourth-order valence-electron chi connectivity index (χ4n) is 7.59. The van der Waals surface area contributed by atoms with Crippen molar-refractivity contribution in [2.24, 2.45) is 5.92 Å². The zero-order valence-electron chi connectivity index (χ0n) is 32.2. The molecule has 4 aromatic heterocycles. The highest BCUT2D eigenvalue weighted by atomic mass is 15.1. The van der Waals surface area contributed by atoms with Gasteiger partial charge >= 0.3 is 0 Å². The minimum atomic E-state index is 0.460. The summed E-state index contributed by atoms with van der Waals surface area (Å²) in [6.45, 7) is 19.6. The van der Waals surface area contributed by atoms with E-state index in [1.165, 1.54) is 77.4 Å². The maximum atomic E-state index is 5.05. The van der Waals surface area contributed by atoms with Gasteiger partial charge in [0.1, 0.15) is 22.7 Å². The number of unbranched alkanes of at least 4 members (excludes halogenated alkanes) is 4. The van der Waals surface area contributed by atoms with Gasteiger partial charge in [-0.3, -0.25) is 9.97 Å². The van der Waals surface area contributed by atoms with Crippen LogP contribution in [0.5, 0.6) is 0 Å². The topological polar surface area (TPSA) is 107 Å². The van der Waals surface area contributed by atoms with Gasteiger partial charge in [-0.25, -0.2) is 15.0 Å². The molecule has 0 aliphatic heterocycles. The van der Waals surface area contributed by atoms with Crippen molar-refractivity contribution >= 4 is 39.4 Å². The van der Waals surface area contributed by atoms with Crippen LogP contribution in [0.25, 0.3) is 22.1 Å². The van der Waals surface area contributed by atoms with Gasteiger partial charge in [0, 0.05) is 31.0 Å². The van der Waals surface area contributed by atoms with Crippen LogP contribution >= 0.6 is 0 Å². The Balaban J connectivity index is 1.02. The van der Waals surface area contributed by atoms with Crippen molar-refractivity contribution in [3.05, 3.63) is 48.0 Å². The molecule has 2 atom stereocenters. The number of pyridine rings is 3. The zero-order chi connectivity index (χ0) is 35.8. The third-order valence-electron chi connectivity index (χ3n) is 10.6. The van der Waals surface area contributed by atoms with E-state index in [-0.39, 0.29) is 0 Å². The first-order valence-corrected chi connectivity index (χ1v) is 20.0. The number of nitrogens with zero attached hydrogens (tertiary/aromatic N) is 7. The standard InChI is InChI=1S/C41H64N10/c1-6-50(7-2)26-13-10-12-24-44-41-40-36(46-32(5)47-41)20-21-38(49-40)48-34-18-15-17-33(30-34)22-28-51(8-3)27-14-9-11-23-42-37-29-31(4)45-35-19-16-25-43-39(35)37/h16,19-21,25,29,33-34H,6-15,17-18,22-24,26-28,30H2,1-5H3,(H,42,45)(H,48,49)(H,44,46,47). The maximum absolute atomic E-state index is 5.05. The minimum absolute atomic E-state index is 0.460. The smallest absolute Gasteiger partial charge is 0.156 e. The summed E-state index contributed by atoms with van der Waals surface area (Å²) in [5.41, 5.74) is 5.81. The van der Waals surface area contributed by atoms with Gasteiger partial charge in [0.05, 0.1) is 16.7 Å². The van der Waals surface area contributed by atoms with E-state index >= 15 is 0 Å². The molecule has 0 spiro atoms. The second-order valence-corrected chi connectivity index (χ2v) is 14.5. The molecule has 4 heterocycles. The molecule has 1 aliphatic carbocycles. The molecule has 0 bridgehead atoms. The van der Waals surface area contributed by atoms with Crippen molar-refractivity contribution in [2.45, 2.75) is 111 Å². The summed E-state index contributed by atoms with van der Waals surface area (Å²) in [5, 5.41) is 11.0. The van der Waals surface area contributed by atoms with Crippen LogP contribution in [0, 0.1) is 19.8 Å². The predicted molar refractivity (Wildman–Crippen MR) is 215 cm³/mol. The van der Waals surface area contributed by atoms with Crippen molar-refractivity contribution in [1.29, 1.82) is 0 Å². The molecule has 10 heteroatoms. The number of rotatable bonds is 22. The fourth-order valence-corrected chi connectivity index (χ4v) is 7.59. The van der Waals surface area contributed by atoms with E-state index in [9.17, 15) is 0 Å². The molecule has 1 saturated carbocycles. The highest BCUT2D eigenvalue weighted by Gasteiger charge is 2.23. The second kappa shape index (κ2) is 20.4. The van der Waals surface area contributed by atoms with E-state index in [0.29, 0.717) is 6.04 Å². The van der Waals surface area contributed by atoms with Crippen LogP contribution in [-0.4, -0.2) is 93.1 Å². The molecule has 5 rings (SSSR count). The zero-order valence-corrected chi connectivity index (χ0v) is 32.2. The van der Waals surface area contributed by atoms with Gasteiger partial charge in [0.25, 0.3) is 0 Å². The van der Waals surface area contributed by atoms with Gasteiger partial charge in [-0.1, -0.05) is 46.5 Å². The maximum Gasteiger partial charge on any atom is 0.156 e. The van der Waals surface area contributed by atoms with Crippen molar-refractivity contribution in [2.75, 3.05) is 68.3 Å². The molecule has 0 amide bonds. The molecule has 0 saturated heterocycles. The lowest BCUT2D eigenvalue weighted by molar-refractivity contribution is 0.231. The molecule has 2 unspecified atom stereocenters. The summed E-state index contributed by atoms with van der Waals surface area (Å²) in [5.74, 6) is 3.34. The number of fused-ring (bicyclic) bond motifs is 2. The Bertz CT molecular complexity index is 1620. The molecule has 3 N–H and O–H groups in total. The summed E-state index contributed by atoms with van der Waals surface area (Å²) >= 11 is 0. The molecular weight excluding hydrogens is 633 g/mol. The molecule has 0 aromatic carbocycles. The Kier molecular flexibility index (Phi) is 15.5. The van der Waals surface area contributed by atoms with E-state index in [1.54, 1.807) is 0 Å². The number of hydrogen-bond donors (Lipinski definition) is 3. The van der Waals surface area contributed by atoms with Crippen LogP contribution in [0.3, 0.4) is 0 Å². The molecule has 10 nitrogen and oxygen atoms in total. The average molecular weight is 697 g/mol. The quantitative estimate of drug-likeness (QED) is 0.0693. The largest absolute Gasteiger partial charge is 0.383 e. The Hall–Kier alpha value is -3.63. The molecule has 51 heavy (non-hydrogen) atoms. The van der Waals surface area contributed by atoms with Gasteiger partial charge in [0.15, 0.2) is 5.82 Å². The third-order valence-corrected chi connectivity index (χ3v) is 10.6. The van der Waals surface area contributed by atoms with Crippen molar-refractivity contribution in [3.8, 4) is 0 Å². The van der Waals surface area contributed by atoms with Gasteiger partial charge in [-0.15, -0.1) is 0 Å². The van der Waals surface area contributed by atoms with Crippen molar-refractivity contribution < 1.29 is 0 Å². The van der Waals surface area contributed by atoms with E-state index in [0.717, 1.165) is 102 Å². The molecule has 0 radical (unpaired) electrons. The summed E-state index contributed by atoms with van der Waals surface area (Å²) in [7, 11) is 0. The SMILES string of the molecule is CCN(CC)CCCCCNc1nc(C)nc2ccc(NC3CCCC(CCN(CC)CCCCCNc4cc(C)nc5cccnc45)C3)nc12. The van der Waals surface area contributed by atoms with E-state index in [4.69, 9.17) is 9.97 Å². The monoisotopic (exact) mass is 697 g/mol.